The first-order valence-electron chi connectivity index (χ1n) is 7.98. The van der Waals surface area contributed by atoms with Gasteiger partial charge in [0.1, 0.15) is 5.58 Å². The molecule has 0 unspecified atom stereocenters. The number of hydrogen-bond donors (Lipinski definition) is 2. The summed E-state index contributed by atoms with van der Waals surface area (Å²) in [5, 5.41) is 0.186. The van der Waals surface area contributed by atoms with Crippen LogP contribution in [0.2, 0.25) is 0 Å². The molecule has 0 bridgehead atoms. The third-order valence-electron chi connectivity index (χ3n) is 3.98. The molecule has 7 heteroatoms. The average molecular weight is 374 g/mol. The predicted octanol–water partition coefficient (Wildman–Crippen LogP) is 4.23. The molecule has 3 aromatic rings. The van der Waals surface area contributed by atoms with Crippen LogP contribution >= 0.6 is 7.82 Å². The second-order valence-electron chi connectivity index (χ2n) is 6.99. The van der Waals surface area contributed by atoms with E-state index in [1.54, 1.807) is 30.3 Å². The zero-order valence-electron chi connectivity index (χ0n) is 14.6. The van der Waals surface area contributed by atoms with Gasteiger partial charge >= 0.3 is 7.82 Å². The van der Waals surface area contributed by atoms with Gasteiger partial charge in [0.2, 0.25) is 11.2 Å². The maximum absolute atomic E-state index is 12.7. The summed E-state index contributed by atoms with van der Waals surface area (Å²) in [4.78, 5) is 31.1. The van der Waals surface area contributed by atoms with Crippen LogP contribution in [-0.2, 0) is 9.98 Å². The normalized spacial score (nSPS) is 12.3. The zero-order valence-corrected chi connectivity index (χ0v) is 15.5. The summed E-state index contributed by atoms with van der Waals surface area (Å²) in [5.74, 6) is -0.516. The maximum Gasteiger partial charge on any atom is 0.525 e. The molecule has 26 heavy (non-hydrogen) atoms. The number of para-hydroxylation sites is 1. The van der Waals surface area contributed by atoms with Crippen LogP contribution < -0.4 is 9.95 Å². The molecule has 1 aromatic heterocycles. The number of benzene rings is 2. The lowest BCUT2D eigenvalue weighted by molar-refractivity contribution is 0.280. The molecule has 0 aliphatic carbocycles. The van der Waals surface area contributed by atoms with Gasteiger partial charge < -0.3 is 8.94 Å². The summed E-state index contributed by atoms with van der Waals surface area (Å²) in [6.45, 7) is 6.21. The molecule has 0 spiro atoms. The van der Waals surface area contributed by atoms with Crippen molar-refractivity contribution in [2.24, 2.45) is 0 Å². The second-order valence-corrected chi connectivity index (χ2v) is 8.16. The van der Waals surface area contributed by atoms with Crippen LogP contribution in [0.3, 0.4) is 0 Å². The first kappa shape index (κ1) is 18.4. The van der Waals surface area contributed by atoms with E-state index in [2.05, 4.69) is 25.3 Å². The Labute approximate surface area is 150 Å². The van der Waals surface area contributed by atoms with Crippen molar-refractivity contribution in [3.05, 3.63) is 64.3 Å². The number of fused-ring (bicyclic) bond motifs is 1. The van der Waals surface area contributed by atoms with Crippen LogP contribution in [-0.4, -0.2) is 9.79 Å². The van der Waals surface area contributed by atoms with E-state index in [0.29, 0.717) is 11.1 Å². The summed E-state index contributed by atoms with van der Waals surface area (Å²) in [6, 6.07) is 13.7. The Morgan fingerprint density at radius 1 is 1.00 bits per heavy atom. The van der Waals surface area contributed by atoms with E-state index in [4.69, 9.17) is 4.42 Å². The third-order valence-corrected chi connectivity index (χ3v) is 4.40. The van der Waals surface area contributed by atoms with Gasteiger partial charge in [-0.25, -0.2) is 4.57 Å². The first-order chi connectivity index (χ1) is 12.1. The van der Waals surface area contributed by atoms with Gasteiger partial charge in [-0.05, 0) is 23.1 Å². The van der Waals surface area contributed by atoms with Crippen LogP contribution in [0.25, 0.3) is 22.3 Å². The summed E-state index contributed by atoms with van der Waals surface area (Å²) < 4.78 is 21.8. The molecule has 0 atom stereocenters. The van der Waals surface area contributed by atoms with E-state index in [0.717, 1.165) is 5.56 Å². The van der Waals surface area contributed by atoms with Gasteiger partial charge in [0.25, 0.3) is 0 Å². The van der Waals surface area contributed by atoms with Crippen LogP contribution in [0.5, 0.6) is 5.75 Å². The van der Waals surface area contributed by atoms with Gasteiger partial charge in [-0.3, -0.25) is 14.6 Å². The van der Waals surface area contributed by atoms with E-state index in [9.17, 15) is 19.1 Å². The molecule has 0 aliphatic heterocycles. The molecule has 0 saturated carbocycles. The summed E-state index contributed by atoms with van der Waals surface area (Å²) >= 11 is 0. The molecule has 6 nitrogen and oxygen atoms in total. The highest BCUT2D eigenvalue weighted by molar-refractivity contribution is 7.46. The molecule has 2 aromatic carbocycles. The predicted molar refractivity (Wildman–Crippen MR) is 99.3 cm³/mol. The summed E-state index contributed by atoms with van der Waals surface area (Å²) in [7, 11) is -4.94. The zero-order chi connectivity index (χ0) is 19.1. The maximum atomic E-state index is 12.7. The van der Waals surface area contributed by atoms with Gasteiger partial charge in [-0.15, -0.1) is 0 Å². The number of rotatable bonds is 3. The van der Waals surface area contributed by atoms with E-state index in [-0.39, 0.29) is 16.6 Å². The van der Waals surface area contributed by atoms with Crippen molar-refractivity contribution in [2.45, 2.75) is 26.2 Å². The van der Waals surface area contributed by atoms with E-state index >= 15 is 0 Å². The number of phosphoric ester groups is 1. The van der Waals surface area contributed by atoms with Gasteiger partial charge in [-0.2, -0.15) is 0 Å². The van der Waals surface area contributed by atoms with Crippen LogP contribution in [0, 0.1) is 0 Å². The minimum Gasteiger partial charge on any atom is -0.452 e. The lowest BCUT2D eigenvalue weighted by Gasteiger charge is -2.19. The van der Waals surface area contributed by atoms with E-state index < -0.39 is 19.0 Å². The Balaban J connectivity index is 2.25. The van der Waals surface area contributed by atoms with E-state index in [1.165, 1.54) is 6.07 Å². The Morgan fingerprint density at radius 2 is 1.62 bits per heavy atom. The molecule has 136 valence electrons. The summed E-state index contributed by atoms with van der Waals surface area (Å²) in [5.41, 5.74) is 1.18. The van der Waals surface area contributed by atoms with Gasteiger partial charge in [0.15, 0.2) is 5.76 Å². The smallest absolute Gasteiger partial charge is 0.452 e. The second kappa shape index (κ2) is 6.40. The molecular weight excluding hydrogens is 355 g/mol. The van der Waals surface area contributed by atoms with Crippen molar-refractivity contribution in [2.75, 3.05) is 0 Å². The molecule has 0 fully saturated rings. The van der Waals surface area contributed by atoms with Crippen LogP contribution in [0.1, 0.15) is 26.3 Å². The highest BCUT2D eigenvalue weighted by atomic mass is 31.2. The van der Waals surface area contributed by atoms with Crippen molar-refractivity contribution >= 4 is 18.8 Å². The van der Waals surface area contributed by atoms with Crippen LogP contribution in [0.4, 0.5) is 0 Å². The molecule has 0 saturated heterocycles. The van der Waals surface area contributed by atoms with Gasteiger partial charge in [0, 0.05) is 5.56 Å². The van der Waals surface area contributed by atoms with Crippen LogP contribution in [0.15, 0.2) is 57.7 Å². The molecule has 0 radical (unpaired) electrons. The van der Waals surface area contributed by atoms with Crippen molar-refractivity contribution in [1.82, 2.24) is 0 Å². The minimum atomic E-state index is -4.94. The van der Waals surface area contributed by atoms with Crippen molar-refractivity contribution in [3.63, 3.8) is 0 Å². The van der Waals surface area contributed by atoms with Crippen molar-refractivity contribution in [1.29, 1.82) is 0 Å². The molecular formula is C19H19O6P. The molecule has 3 rings (SSSR count). The molecule has 1 heterocycles. The Morgan fingerprint density at radius 3 is 2.19 bits per heavy atom. The fourth-order valence-electron chi connectivity index (χ4n) is 2.64. The van der Waals surface area contributed by atoms with Gasteiger partial charge in [0.05, 0.1) is 5.39 Å². The van der Waals surface area contributed by atoms with Crippen molar-refractivity contribution in [3.8, 4) is 17.1 Å². The third kappa shape index (κ3) is 3.73. The number of phosphoric acid groups is 1. The monoisotopic (exact) mass is 374 g/mol. The Kier molecular flexibility index (Phi) is 4.53. The quantitative estimate of drug-likeness (QED) is 0.666. The average Bonchev–Trinajstić information content (AvgIpc) is 2.56. The summed E-state index contributed by atoms with van der Waals surface area (Å²) in [6.07, 6.45) is 0. The van der Waals surface area contributed by atoms with Crippen molar-refractivity contribution < 1.29 is 23.3 Å². The fraction of sp³-hybridized carbons (Fsp3) is 0.211. The highest BCUT2D eigenvalue weighted by Gasteiger charge is 2.25. The van der Waals surface area contributed by atoms with Gasteiger partial charge in [-0.1, -0.05) is 57.2 Å². The first-order valence-corrected chi connectivity index (χ1v) is 9.51. The minimum absolute atomic E-state index is 0.0162. The largest absolute Gasteiger partial charge is 0.525 e. The van der Waals surface area contributed by atoms with E-state index in [1.807, 2.05) is 12.1 Å². The standard InChI is InChI=1S/C19H19O6P/c1-19(2,3)13-10-8-12(9-11-13)17-18(25-26(21,22)23)16(20)14-6-4-5-7-15(14)24-17/h4-11H,1-3H3,(H2,21,22,23). The lowest BCUT2D eigenvalue weighted by atomic mass is 9.86. The molecule has 2 N–H and O–H groups in total. The topological polar surface area (TPSA) is 97.0 Å². The lowest BCUT2D eigenvalue weighted by Crippen LogP contribution is -2.11. The Hall–Kier alpha value is -2.40. The number of hydrogen-bond acceptors (Lipinski definition) is 4. The highest BCUT2D eigenvalue weighted by Crippen LogP contribution is 2.41. The molecule has 0 aliphatic rings. The SMILES string of the molecule is CC(C)(C)c1ccc(-c2oc3ccccc3c(=O)c2OP(=O)(O)O)cc1. The molecule has 0 amide bonds. The fourth-order valence-corrected chi connectivity index (χ4v) is 3.04. The Bertz CT molecular complexity index is 1050.